The summed E-state index contributed by atoms with van der Waals surface area (Å²) in [5, 5.41) is 23.0. The molecule has 1 fully saturated rings. The molecule has 1 aliphatic heterocycles. The molecule has 5 N–H and O–H groups in total. The first-order valence-corrected chi connectivity index (χ1v) is 32.1. The number of hydrogen-bond donors (Lipinski definition) is 5. The van der Waals surface area contributed by atoms with Crippen LogP contribution in [0.25, 0.3) is 0 Å². The predicted octanol–water partition coefficient (Wildman–Crippen LogP) is 2.44. The van der Waals surface area contributed by atoms with Crippen LogP contribution in [-0.4, -0.2) is 253 Å². The highest BCUT2D eigenvalue weighted by molar-refractivity contribution is 5.99. The first kappa shape index (κ1) is 82.3. The van der Waals surface area contributed by atoms with Gasteiger partial charge >= 0.3 is 5.97 Å². The van der Waals surface area contributed by atoms with E-state index in [1.807, 2.05) is 55.4 Å². The summed E-state index contributed by atoms with van der Waals surface area (Å²) in [6.07, 6.45) is 2.68. The van der Waals surface area contributed by atoms with Gasteiger partial charge in [-0.1, -0.05) is 109 Å². The number of likely N-dealkylation sites (N-methyl/N-ethyl adjacent to an activating group) is 7. The summed E-state index contributed by atoms with van der Waals surface area (Å²) in [6, 6.07) is -13.4. The summed E-state index contributed by atoms with van der Waals surface area (Å²) in [5.41, 5.74) is 0. The van der Waals surface area contributed by atoms with Crippen molar-refractivity contribution >= 4 is 70.9 Å². The largest absolute Gasteiger partial charge is 0.467 e. The van der Waals surface area contributed by atoms with Crippen molar-refractivity contribution in [1.82, 2.24) is 55.6 Å². The summed E-state index contributed by atoms with van der Waals surface area (Å²) in [6.45, 7) is 26.2. The minimum absolute atomic E-state index is 0.00206. The second-order valence-corrected chi connectivity index (χ2v) is 27.0. The highest BCUT2D eigenvalue weighted by Crippen LogP contribution is 2.26. The Bertz CT molecular complexity index is 2510. The molecule has 0 spiro atoms. The Hall–Kier alpha value is -6.70. The zero-order chi connectivity index (χ0) is 70.4. The second-order valence-electron chi connectivity index (χ2n) is 27.0. The van der Waals surface area contributed by atoms with Gasteiger partial charge in [0, 0.05) is 49.3 Å². The van der Waals surface area contributed by atoms with E-state index in [1.54, 1.807) is 60.6 Å². The fourth-order valence-electron chi connectivity index (χ4n) is 11.0. The molecular weight excluding hydrogens is 1170 g/mol. The van der Waals surface area contributed by atoms with Gasteiger partial charge in [-0.05, 0) is 93.8 Å². The van der Waals surface area contributed by atoms with Gasteiger partial charge in [0.15, 0.2) is 0 Å². The molecule has 0 saturated carbocycles. The normalized spacial score (nSPS) is 25.8. The van der Waals surface area contributed by atoms with E-state index in [-0.39, 0.29) is 62.2 Å². The van der Waals surface area contributed by atoms with Crippen molar-refractivity contribution in [2.75, 3.05) is 76.2 Å². The Morgan fingerprint density at radius 1 is 0.527 bits per heavy atom. The molecule has 26 heteroatoms. The predicted molar refractivity (Wildman–Crippen MR) is 346 cm³/mol. The minimum atomic E-state index is -1.64. The number of rotatable bonds is 19. The van der Waals surface area contributed by atoms with Crippen molar-refractivity contribution in [3.05, 3.63) is 12.2 Å². The molecule has 11 amide bonds. The summed E-state index contributed by atoms with van der Waals surface area (Å²) in [4.78, 5) is 183. The van der Waals surface area contributed by atoms with Gasteiger partial charge < -0.3 is 70.1 Å². The Kier molecular flexibility index (Phi) is 34.7. The summed E-state index contributed by atoms with van der Waals surface area (Å²) in [5.74, 6) is -11.6. The van der Waals surface area contributed by atoms with E-state index in [0.717, 1.165) is 21.8 Å². The monoisotopic (exact) mass is 1290 g/mol. The third-order valence-corrected chi connectivity index (χ3v) is 16.7. The highest BCUT2D eigenvalue weighted by Gasteiger charge is 2.46. The van der Waals surface area contributed by atoms with Gasteiger partial charge in [0.2, 0.25) is 65.0 Å². The van der Waals surface area contributed by atoms with Crippen molar-refractivity contribution in [2.45, 2.75) is 216 Å². The Labute approximate surface area is 542 Å². The molecule has 520 valence electrons. The number of aliphatic hydroxyl groups is 1. The summed E-state index contributed by atoms with van der Waals surface area (Å²) >= 11 is 0. The molecule has 0 aromatic carbocycles. The molecule has 0 radical (unpaired) electrons. The lowest BCUT2D eigenvalue weighted by atomic mass is 9.91. The van der Waals surface area contributed by atoms with Gasteiger partial charge in [0.25, 0.3) is 0 Å². The van der Waals surface area contributed by atoms with E-state index in [2.05, 4.69) is 21.3 Å². The molecular formula is C65H115N11O15. The lowest BCUT2D eigenvalue weighted by molar-refractivity contribution is -0.157. The van der Waals surface area contributed by atoms with E-state index < -0.39 is 175 Å². The first-order chi connectivity index (χ1) is 42.1. The number of carbonyl (C=O) groups is 12. The average Bonchev–Trinajstić information content (AvgIpc) is 0.841. The number of ether oxygens (including phenoxy) is 2. The van der Waals surface area contributed by atoms with E-state index in [4.69, 9.17) is 9.47 Å². The molecule has 0 bridgehead atoms. The standard InChI is InChI=1S/C65H115N11O15/c1-25-27-28-42(15)55(79)54-59(83)67-44(26-2)60(84)70(17)33-50(77)71(18)46(29-36(3)4)58(82)69-52(40(11)12)64(88)72(19)47(30-37(5)6)57(81)66-43(16)56(80)68-45(34-91-35-51(78)90-24)61(85)73(20)48(31-38(7)8)62(86)74(21)49(32-39(9)10)63(87)75(22)53(41(13)14)65(89)76(54)23/h25,27,36-49,52-55,79H,26,28-35H2,1-24H3,(H,66,81)(H,67,83)(H,68,80)(H,69,82)/b27-25+/t42-,43+,44+,45-,46+,47+,48+,49+,52+,53+,54+,55-/m1/s1. The summed E-state index contributed by atoms with van der Waals surface area (Å²) in [7, 11) is 10.8. The Morgan fingerprint density at radius 3 is 1.43 bits per heavy atom. The molecule has 26 nitrogen and oxygen atoms in total. The van der Waals surface area contributed by atoms with Crippen LogP contribution in [0.5, 0.6) is 0 Å². The van der Waals surface area contributed by atoms with E-state index >= 15 is 14.4 Å². The molecule has 1 rings (SSSR count). The van der Waals surface area contributed by atoms with Crippen molar-refractivity contribution in [1.29, 1.82) is 0 Å². The van der Waals surface area contributed by atoms with Gasteiger partial charge in [0.1, 0.15) is 67.0 Å². The third-order valence-electron chi connectivity index (χ3n) is 16.7. The van der Waals surface area contributed by atoms with Crippen LogP contribution >= 0.6 is 0 Å². The van der Waals surface area contributed by atoms with Crippen LogP contribution < -0.4 is 21.3 Å². The average molecular weight is 1290 g/mol. The minimum Gasteiger partial charge on any atom is -0.467 e. The van der Waals surface area contributed by atoms with Crippen molar-refractivity contribution in [3.63, 3.8) is 0 Å². The van der Waals surface area contributed by atoms with Crippen molar-refractivity contribution in [3.8, 4) is 0 Å². The number of esters is 1. The molecule has 91 heavy (non-hydrogen) atoms. The number of allylic oxidation sites excluding steroid dienone is 2. The van der Waals surface area contributed by atoms with Gasteiger partial charge in [-0.2, -0.15) is 0 Å². The first-order valence-electron chi connectivity index (χ1n) is 32.1. The van der Waals surface area contributed by atoms with Crippen molar-refractivity contribution in [2.24, 2.45) is 41.4 Å². The zero-order valence-electron chi connectivity index (χ0n) is 59.2. The molecule has 1 aliphatic rings. The Morgan fingerprint density at radius 2 is 0.967 bits per heavy atom. The number of amides is 11. The third kappa shape index (κ3) is 24.1. The zero-order valence-corrected chi connectivity index (χ0v) is 59.2. The number of hydrogen-bond acceptors (Lipinski definition) is 15. The van der Waals surface area contributed by atoms with Gasteiger partial charge in [-0.15, -0.1) is 0 Å². The number of carbonyl (C=O) groups excluding carboxylic acids is 12. The topological polar surface area (TPSA) is 314 Å². The van der Waals surface area contributed by atoms with E-state index in [9.17, 15) is 48.3 Å². The molecule has 0 aliphatic carbocycles. The SMILES string of the molecule is C/C=C/C[C@@H](C)[C@@H](O)[C@H]1C(=O)N[C@@H](CC)C(=O)N(C)CC(=O)N(C)[C@@H](CC(C)C)C(=O)N[C@@H](C(C)C)C(=O)N(C)[C@@H](CC(C)C)C(=O)N[C@@H](C)C(=O)N[C@H](COCC(=O)OC)C(=O)N(C)[C@@H](CC(C)C)C(=O)N(C)[C@@H](CC(C)C)C(=O)N(C)[C@@H](C(C)C)C(=O)N1C. The fraction of sp³-hybridized carbons (Fsp3) is 0.785. The van der Waals surface area contributed by atoms with Crippen LogP contribution in [0.4, 0.5) is 0 Å². The lowest BCUT2D eigenvalue weighted by Gasteiger charge is -2.41. The fourth-order valence-corrected chi connectivity index (χ4v) is 11.0. The molecule has 0 aromatic rings. The molecule has 1 heterocycles. The number of aliphatic hydroxyl groups excluding tert-OH is 1. The molecule has 12 atom stereocenters. The van der Waals surface area contributed by atoms with Crippen LogP contribution in [0.3, 0.4) is 0 Å². The maximum atomic E-state index is 15.3. The number of nitrogens with one attached hydrogen (secondary N) is 4. The second kappa shape index (κ2) is 38.3. The quantitative estimate of drug-likeness (QED) is 0.0917. The van der Waals surface area contributed by atoms with Gasteiger partial charge in [-0.3, -0.25) is 52.7 Å². The van der Waals surface area contributed by atoms with Crippen LogP contribution in [0.1, 0.15) is 149 Å². The van der Waals surface area contributed by atoms with Gasteiger partial charge in [-0.25, -0.2) is 4.79 Å². The van der Waals surface area contributed by atoms with Crippen molar-refractivity contribution < 1.29 is 72.1 Å². The maximum Gasteiger partial charge on any atom is 0.331 e. The maximum absolute atomic E-state index is 15.3. The molecule has 1 saturated heterocycles. The van der Waals surface area contributed by atoms with Crippen LogP contribution in [0.2, 0.25) is 0 Å². The number of methoxy groups -OCH3 is 1. The number of nitrogens with zero attached hydrogens (tertiary/aromatic N) is 7. The van der Waals surface area contributed by atoms with E-state index in [1.165, 1.54) is 75.9 Å². The molecule has 0 aromatic heterocycles. The molecule has 0 unspecified atom stereocenters. The van der Waals surface area contributed by atoms with Crippen LogP contribution in [0, 0.1) is 41.4 Å². The highest BCUT2D eigenvalue weighted by atomic mass is 16.6. The Balaban J connectivity index is 4.47. The van der Waals surface area contributed by atoms with E-state index in [0.29, 0.717) is 0 Å². The smallest absolute Gasteiger partial charge is 0.331 e. The summed E-state index contributed by atoms with van der Waals surface area (Å²) < 4.78 is 10.3. The van der Waals surface area contributed by atoms with Gasteiger partial charge in [0.05, 0.1) is 26.4 Å². The lowest BCUT2D eigenvalue weighted by Crippen LogP contribution is -2.63. The van der Waals surface area contributed by atoms with Crippen LogP contribution in [0.15, 0.2) is 12.2 Å². The van der Waals surface area contributed by atoms with Crippen LogP contribution in [-0.2, 0) is 67.0 Å².